The number of nitrogens with two attached hydrogens (primary N) is 1. The molecule has 1 aliphatic rings. The number of imidazole rings is 1. The van der Waals surface area contributed by atoms with Gasteiger partial charge in [0.05, 0.1) is 22.8 Å². The van der Waals surface area contributed by atoms with E-state index < -0.39 is 0 Å². The Bertz CT molecular complexity index is 655. The molecule has 0 spiro atoms. The minimum Gasteiger partial charge on any atom is -0.335 e. The van der Waals surface area contributed by atoms with Gasteiger partial charge in [0, 0.05) is 17.0 Å². The van der Waals surface area contributed by atoms with E-state index in [0.29, 0.717) is 17.0 Å². The molecule has 1 amide bonds. The van der Waals surface area contributed by atoms with Gasteiger partial charge in [0.1, 0.15) is 0 Å². The summed E-state index contributed by atoms with van der Waals surface area (Å²) in [4.78, 5) is 19.9. The Labute approximate surface area is 122 Å². The number of hydrogen-bond acceptors (Lipinski definition) is 4. The van der Waals surface area contributed by atoms with Crippen molar-refractivity contribution in [3.63, 3.8) is 0 Å². The Morgan fingerprint density at radius 1 is 1.47 bits per heavy atom. The smallest absolute Gasteiger partial charge is 0.234 e. The van der Waals surface area contributed by atoms with Gasteiger partial charge in [0.15, 0.2) is 4.73 Å². The van der Waals surface area contributed by atoms with Crippen LogP contribution in [0.2, 0.25) is 0 Å². The quantitative estimate of drug-likeness (QED) is 0.784. The van der Waals surface area contributed by atoms with Crippen molar-refractivity contribution in [2.24, 2.45) is 5.73 Å². The molecule has 0 unspecified atom stereocenters. The molecule has 7 heteroatoms. The number of rotatable bonds is 2. The maximum atomic E-state index is 11.4. The standard InChI is InChI=1S/C12H11BrN4OS/c13-12-16-8(4-14)11(17-12)6-1-2-9-7(3-6)15-10(18)5-19-9/h1-3H,4-5,14H2,(H,15,18)(H,16,17). The fourth-order valence-electron chi connectivity index (χ4n) is 1.99. The number of H-pyrrole nitrogens is 1. The number of halogens is 1. The van der Waals surface area contributed by atoms with Crippen LogP contribution in [-0.4, -0.2) is 21.6 Å². The van der Waals surface area contributed by atoms with E-state index in [0.717, 1.165) is 27.5 Å². The van der Waals surface area contributed by atoms with Crippen LogP contribution in [0.4, 0.5) is 5.69 Å². The largest absolute Gasteiger partial charge is 0.335 e. The Balaban J connectivity index is 2.06. The van der Waals surface area contributed by atoms with Crippen LogP contribution in [0.5, 0.6) is 0 Å². The van der Waals surface area contributed by atoms with E-state index >= 15 is 0 Å². The normalized spacial score (nSPS) is 14.1. The van der Waals surface area contributed by atoms with Gasteiger partial charge >= 0.3 is 0 Å². The van der Waals surface area contributed by atoms with Gasteiger partial charge in [-0.25, -0.2) is 4.98 Å². The molecule has 5 nitrogen and oxygen atoms in total. The number of thioether (sulfide) groups is 1. The lowest BCUT2D eigenvalue weighted by molar-refractivity contribution is -0.113. The third kappa shape index (κ3) is 2.41. The molecule has 0 aliphatic carbocycles. The molecule has 0 atom stereocenters. The first-order valence-corrected chi connectivity index (χ1v) is 7.47. The number of carbonyl (C=O) groups is 1. The Morgan fingerprint density at radius 3 is 3.11 bits per heavy atom. The lowest BCUT2D eigenvalue weighted by Gasteiger charge is -2.16. The van der Waals surface area contributed by atoms with Crippen molar-refractivity contribution in [1.82, 2.24) is 9.97 Å². The van der Waals surface area contributed by atoms with Gasteiger partial charge in [-0.05, 0) is 28.1 Å². The highest BCUT2D eigenvalue weighted by Crippen LogP contribution is 2.35. The molecule has 4 N–H and O–H groups in total. The highest BCUT2D eigenvalue weighted by atomic mass is 79.9. The van der Waals surface area contributed by atoms with E-state index in [2.05, 4.69) is 31.2 Å². The molecule has 2 aromatic rings. The van der Waals surface area contributed by atoms with Crippen molar-refractivity contribution in [3.8, 4) is 11.3 Å². The molecule has 3 rings (SSSR count). The van der Waals surface area contributed by atoms with Crippen molar-refractivity contribution in [2.75, 3.05) is 11.1 Å². The molecule has 0 saturated carbocycles. The van der Waals surface area contributed by atoms with E-state index in [-0.39, 0.29) is 5.91 Å². The number of carbonyl (C=O) groups excluding carboxylic acids is 1. The average Bonchev–Trinajstić information content (AvgIpc) is 2.79. The number of nitrogens with one attached hydrogen (secondary N) is 2. The second-order valence-electron chi connectivity index (χ2n) is 4.11. The maximum Gasteiger partial charge on any atom is 0.234 e. The summed E-state index contributed by atoms with van der Waals surface area (Å²) in [5, 5.41) is 2.87. The van der Waals surface area contributed by atoms with Crippen LogP contribution < -0.4 is 11.1 Å². The number of nitrogens with zero attached hydrogens (tertiary/aromatic N) is 1. The third-order valence-corrected chi connectivity index (χ3v) is 4.29. The van der Waals surface area contributed by atoms with Crippen LogP contribution in [0, 0.1) is 0 Å². The molecule has 19 heavy (non-hydrogen) atoms. The molecular formula is C12H11BrN4OS. The van der Waals surface area contributed by atoms with Crippen LogP contribution in [0.3, 0.4) is 0 Å². The van der Waals surface area contributed by atoms with Crippen LogP contribution in [0.1, 0.15) is 5.69 Å². The highest BCUT2D eigenvalue weighted by Gasteiger charge is 2.17. The van der Waals surface area contributed by atoms with Crippen molar-refractivity contribution < 1.29 is 4.79 Å². The Hall–Kier alpha value is -1.31. The summed E-state index contributed by atoms with van der Waals surface area (Å²) in [5.74, 6) is 0.492. The van der Waals surface area contributed by atoms with E-state index in [4.69, 9.17) is 5.73 Å². The van der Waals surface area contributed by atoms with Crippen molar-refractivity contribution in [1.29, 1.82) is 0 Å². The van der Waals surface area contributed by atoms with E-state index in [1.165, 1.54) is 0 Å². The van der Waals surface area contributed by atoms with Gasteiger partial charge in [-0.1, -0.05) is 6.07 Å². The fraction of sp³-hybridized carbons (Fsp3) is 0.167. The topological polar surface area (TPSA) is 83.8 Å². The van der Waals surface area contributed by atoms with Gasteiger partial charge in [0.2, 0.25) is 5.91 Å². The molecule has 1 aromatic carbocycles. The van der Waals surface area contributed by atoms with E-state index in [1.807, 2.05) is 18.2 Å². The zero-order valence-electron chi connectivity index (χ0n) is 9.87. The van der Waals surface area contributed by atoms with Crippen molar-refractivity contribution in [2.45, 2.75) is 11.4 Å². The van der Waals surface area contributed by atoms with Crippen molar-refractivity contribution >= 4 is 39.3 Å². The predicted octanol–water partition coefficient (Wildman–Crippen LogP) is 2.34. The van der Waals surface area contributed by atoms with Crippen LogP contribution >= 0.6 is 27.7 Å². The number of hydrogen-bond donors (Lipinski definition) is 3. The molecule has 0 saturated heterocycles. The molecular weight excluding hydrogens is 328 g/mol. The summed E-state index contributed by atoms with van der Waals surface area (Å²) >= 11 is 4.85. The molecule has 98 valence electrons. The lowest BCUT2D eigenvalue weighted by atomic mass is 10.1. The summed E-state index contributed by atoms with van der Waals surface area (Å²) in [6.07, 6.45) is 0. The Morgan fingerprint density at radius 2 is 2.32 bits per heavy atom. The predicted molar refractivity (Wildman–Crippen MR) is 79.0 cm³/mol. The number of fused-ring (bicyclic) bond motifs is 1. The molecule has 1 aliphatic heterocycles. The fourth-order valence-corrected chi connectivity index (χ4v) is 3.20. The van der Waals surface area contributed by atoms with Crippen molar-refractivity contribution in [3.05, 3.63) is 28.6 Å². The van der Waals surface area contributed by atoms with Gasteiger partial charge < -0.3 is 16.0 Å². The number of aromatic amines is 1. The summed E-state index contributed by atoms with van der Waals surface area (Å²) in [7, 11) is 0. The third-order valence-electron chi connectivity index (χ3n) is 2.84. The van der Waals surface area contributed by atoms with E-state index in [9.17, 15) is 4.79 Å². The molecule has 0 fully saturated rings. The van der Waals surface area contributed by atoms with Gasteiger partial charge in [-0.2, -0.15) is 0 Å². The number of benzene rings is 1. The number of aromatic nitrogens is 2. The summed E-state index contributed by atoms with van der Waals surface area (Å²) < 4.78 is 0.652. The lowest BCUT2D eigenvalue weighted by Crippen LogP contribution is -2.18. The minimum atomic E-state index is 0.0249. The summed E-state index contributed by atoms with van der Waals surface area (Å²) in [6, 6.07) is 5.92. The van der Waals surface area contributed by atoms with Gasteiger partial charge in [-0.15, -0.1) is 11.8 Å². The first-order chi connectivity index (χ1) is 9.17. The summed E-state index contributed by atoms with van der Waals surface area (Å²) in [6.45, 7) is 0.381. The van der Waals surface area contributed by atoms with Crippen LogP contribution in [0.15, 0.2) is 27.8 Å². The van der Waals surface area contributed by atoms with Gasteiger partial charge in [0.25, 0.3) is 0 Å². The monoisotopic (exact) mass is 338 g/mol. The van der Waals surface area contributed by atoms with Gasteiger partial charge in [-0.3, -0.25) is 4.79 Å². The average molecular weight is 339 g/mol. The minimum absolute atomic E-state index is 0.0249. The second kappa shape index (κ2) is 4.99. The highest BCUT2D eigenvalue weighted by molar-refractivity contribution is 9.10. The number of amides is 1. The molecule has 0 bridgehead atoms. The van der Waals surface area contributed by atoms with E-state index in [1.54, 1.807) is 11.8 Å². The SMILES string of the molecule is NCc1[nH]c(Br)nc1-c1ccc2c(c1)NC(=O)CS2. The Kier molecular flexibility index (Phi) is 3.34. The zero-order valence-corrected chi connectivity index (χ0v) is 12.3. The molecule has 1 aromatic heterocycles. The molecule has 0 radical (unpaired) electrons. The first kappa shape index (κ1) is 12.7. The second-order valence-corrected chi connectivity index (χ2v) is 5.88. The molecule has 2 heterocycles. The zero-order chi connectivity index (χ0) is 13.4. The summed E-state index contributed by atoms with van der Waals surface area (Å²) in [5.41, 5.74) is 9.13. The maximum absolute atomic E-state index is 11.4. The number of anilines is 1. The first-order valence-electron chi connectivity index (χ1n) is 5.69. The van der Waals surface area contributed by atoms with Crippen LogP contribution in [0.25, 0.3) is 11.3 Å². The van der Waals surface area contributed by atoms with Crippen LogP contribution in [-0.2, 0) is 11.3 Å².